The fourth-order valence-corrected chi connectivity index (χ4v) is 2.39. The number of nitrogens with zero attached hydrogens (tertiary/aromatic N) is 7. The number of nitro benzene ring substituents is 1. The van der Waals surface area contributed by atoms with Gasteiger partial charge in [-0.1, -0.05) is 10.2 Å². The van der Waals surface area contributed by atoms with Crippen molar-refractivity contribution in [1.29, 1.82) is 0 Å². The van der Waals surface area contributed by atoms with E-state index in [0.717, 1.165) is 24.3 Å². The summed E-state index contributed by atoms with van der Waals surface area (Å²) in [4.78, 5) is 27.1. The Labute approximate surface area is 149 Å². The standard InChI is InChI=1S/C13H12FN7O6/c14-9-10(18-20-16)13(23)26-8(5-17-19-15)11(9)27-12(22)6-1-3-7(4-2-6)21(24)25/h1-4,8-11,13,23H,5H2/t8-,9-,10-,11+,13?/m1/s1. The Morgan fingerprint density at radius 1 is 1.37 bits per heavy atom. The molecule has 1 N–H and O–H groups in total. The highest BCUT2D eigenvalue weighted by Gasteiger charge is 2.47. The van der Waals surface area contributed by atoms with Gasteiger partial charge in [-0.2, -0.15) is 0 Å². The van der Waals surface area contributed by atoms with Gasteiger partial charge in [-0.25, -0.2) is 9.18 Å². The second-order valence-electron chi connectivity index (χ2n) is 5.29. The van der Waals surface area contributed by atoms with Crippen LogP contribution >= 0.6 is 0 Å². The van der Waals surface area contributed by atoms with Crippen LogP contribution in [0.4, 0.5) is 10.1 Å². The van der Waals surface area contributed by atoms with E-state index in [9.17, 15) is 24.4 Å². The van der Waals surface area contributed by atoms with Crippen molar-refractivity contribution >= 4 is 11.7 Å². The predicted molar refractivity (Wildman–Crippen MR) is 85.0 cm³/mol. The van der Waals surface area contributed by atoms with Gasteiger partial charge in [-0.15, -0.1) is 0 Å². The van der Waals surface area contributed by atoms with Gasteiger partial charge in [0.05, 0.1) is 17.0 Å². The third kappa shape index (κ3) is 4.59. The van der Waals surface area contributed by atoms with Crippen molar-refractivity contribution in [1.82, 2.24) is 0 Å². The molecular formula is C13H12FN7O6. The molecule has 2 rings (SSSR count). The summed E-state index contributed by atoms with van der Waals surface area (Å²) < 4.78 is 24.7. The average molecular weight is 381 g/mol. The summed E-state index contributed by atoms with van der Waals surface area (Å²) in [6.45, 7) is -0.463. The van der Waals surface area contributed by atoms with E-state index >= 15 is 0 Å². The van der Waals surface area contributed by atoms with E-state index in [4.69, 9.17) is 20.5 Å². The number of halogens is 1. The van der Waals surface area contributed by atoms with Crippen LogP contribution < -0.4 is 0 Å². The Bertz CT molecular complexity index is 806. The molecule has 0 aromatic heterocycles. The van der Waals surface area contributed by atoms with Gasteiger partial charge < -0.3 is 14.6 Å². The second-order valence-corrected chi connectivity index (χ2v) is 5.29. The Morgan fingerprint density at radius 2 is 2.04 bits per heavy atom. The Morgan fingerprint density at radius 3 is 2.59 bits per heavy atom. The maximum absolute atomic E-state index is 14.7. The van der Waals surface area contributed by atoms with E-state index in [-0.39, 0.29) is 11.3 Å². The SMILES string of the molecule is [N-]=[N+]=NC[C@H]1OC(O)[C@H](N=[N+]=[N-])[C@@H](F)[C@H]1OC(=O)c1ccc([N+](=O)[O-])cc1. The number of esters is 1. The molecule has 1 fully saturated rings. The molecule has 5 atom stereocenters. The first-order chi connectivity index (χ1) is 12.9. The fraction of sp³-hybridized carbons (Fsp3) is 0.462. The minimum absolute atomic E-state index is 0.109. The number of ether oxygens (including phenoxy) is 2. The van der Waals surface area contributed by atoms with Crippen LogP contribution in [-0.2, 0) is 9.47 Å². The summed E-state index contributed by atoms with van der Waals surface area (Å²) in [6, 6.07) is 2.65. The predicted octanol–water partition coefficient (Wildman–Crippen LogP) is 2.16. The highest BCUT2D eigenvalue weighted by molar-refractivity contribution is 5.89. The lowest BCUT2D eigenvalue weighted by atomic mass is 9.98. The molecule has 1 heterocycles. The number of hydrogen-bond donors (Lipinski definition) is 1. The second kappa shape index (κ2) is 8.78. The molecule has 1 aromatic carbocycles. The molecule has 1 saturated heterocycles. The van der Waals surface area contributed by atoms with E-state index in [1.54, 1.807) is 0 Å². The summed E-state index contributed by atoms with van der Waals surface area (Å²) >= 11 is 0. The molecule has 0 spiro atoms. The smallest absolute Gasteiger partial charge is 0.338 e. The number of rotatable bonds is 6. The van der Waals surface area contributed by atoms with Gasteiger partial charge >= 0.3 is 5.97 Å². The monoisotopic (exact) mass is 381 g/mol. The zero-order valence-electron chi connectivity index (χ0n) is 13.4. The molecule has 1 aromatic rings. The first-order valence-electron chi connectivity index (χ1n) is 7.37. The largest absolute Gasteiger partial charge is 0.453 e. The normalized spacial score (nSPS) is 27.0. The Kier molecular flexibility index (Phi) is 6.46. The summed E-state index contributed by atoms with van der Waals surface area (Å²) in [7, 11) is 0. The lowest BCUT2D eigenvalue weighted by molar-refractivity contribution is -0.384. The first-order valence-corrected chi connectivity index (χ1v) is 7.37. The molecule has 1 unspecified atom stereocenters. The molecule has 0 amide bonds. The number of hydrogen-bond acceptors (Lipinski definition) is 8. The van der Waals surface area contributed by atoms with Gasteiger partial charge in [-0.3, -0.25) is 10.1 Å². The molecule has 27 heavy (non-hydrogen) atoms. The lowest BCUT2D eigenvalue weighted by Crippen LogP contribution is -2.57. The zero-order chi connectivity index (χ0) is 20.0. The van der Waals surface area contributed by atoms with E-state index in [0.29, 0.717) is 0 Å². The molecule has 0 aliphatic carbocycles. The van der Waals surface area contributed by atoms with E-state index in [1.165, 1.54) is 0 Å². The lowest BCUT2D eigenvalue weighted by Gasteiger charge is -2.39. The average Bonchev–Trinajstić information content (AvgIpc) is 2.65. The molecule has 142 valence electrons. The van der Waals surface area contributed by atoms with Crippen LogP contribution in [0.25, 0.3) is 20.9 Å². The van der Waals surface area contributed by atoms with Crippen molar-refractivity contribution in [2.45, 2.75) is 30.7 Å². The molecule has 0 saturated carbocycles. The van der Waals surface area contributed by atoms with Crippen molar-refractivity contribution < 1.29 is 28.7 Å². The zero-order valence-corrected chi connectivity index (χ0v) is 13.4. The van der Waals surface area contributed by atoms with Crippen LogP contribution in [0, 0.1) is 10.1 Å². The fourth-order valence-electron chi connectivity index (χ4n) is 2.39. The minimum atomic E-state index is -2.15. The van der Waals surface area contributed by atoms with Crippen molar-refractivity contribution in [2.24, 2.45) is 10.2 Å². The molecule has 0 radical (unpaired) electrons. The van der Waals surface area contributed by atoms with Gasteiger partial charge in [0.15, 0.2) is 18.6 Å². The quantitative estimate of drug-likeness (QED) is 0.195. The minimum Gasteiger partial charge on any atom is -0.453 e. The molecule has 14 heteroatoms. The maximum Gasteiger partial charge on any atom is 0.338 e. The van der Waals surface area contributed by atoms with Crippen LogP contribution in [0.3, 0.4) is 0 Å². The molecular weight excluding hydrogens is 369 g/mol. The number of alkyl halides is 1. The van der Waals surface area contributed by atoms with Gasteiger partial charge in [0.2, 0.25) is 0 Å². The first kappa shape index (κ1) is 19.9. The molecule has 1 aliphatic heterocycles. The molecule has 1 aliphatic rings. The van der Waals surface area contributed by atoms with E-state index < -0.39 is 48.1 Å². The summed E-state index contributed by atoms with van der Waals surface area (Å²) in [6.07, 6.45) is -6.97. The number of carbonyl (C=O) groups excluding carboxylic acids is 1. The highest BCUT2D eigenvalue weighted by atomic mass is 19.1. The summed E-state index contributed by atoms with van der Waals surface area (Å²) in [5.74, 6) is -1.04. The number of aliphatic hydroxyl groups is 1. The van der Waals surface area contributed by atoms with Crippen LogP contribution in [0.15, 0.2) is 34.5 Å². The summed E-state index contributed by atoms with van der Waals surface area (Å²) in [5.41, 5.74) is 16.5. The maximum atomic E-state index is 14.7. The van der Waals surface area contributed by atoms with Crippen molar-refractivity contribution in [3.63, 3.8) is 0 Å². The Balaban J connectivity index is 2.23. The van der Waals surface area contributed by atoms with Gasteiger partial charge in [-0.05, 0) is 23.2 Å². The van der Waals surface area contributed by atoms with Crippen molar-refractivity contribution in [3.05, 3.63) is 60.8 Å². The van der Waals surface area contributed by atoms with Crippen LogP contribution in [0.1, 0.15) is 10.4 Å². The van der Waals surface area contributed by atoms with Crippen molar-refractivity contribution in [2.75, 3.05) is 6.54 Å². The third-order valence-corrected chi connectivity index (χ3v) is 3.68. The molecule has 0 bridgehead atoms. The number of nitro groups is 1. The number of azide groups is 2. The number of carbonyl (C=O) groups is 1. The van der Waals surface area contributed by atoms with Crippen LogP contribution in [0.2, 0.25) is 0 Å². The van der Waals surface area contributed by atoms with Gasteiger partial charge in [0.25, 0.3) is 5.69 Å². The topological polar surface area (TPSA) is 196 Å². The van der Waals surface area contributed by atoms with Gasteiger partial charge in [0, 0.05) is 22.0 Å². The summed E-state index contributed by atoms with van der Waals surface area (Å²) in [5, 5.41) is 26.6. The van der Waals surface area contributed by atoms with Gasteiger partial charge in [0.1, 0.15) is 12.1 Å². The van der Waals surface area contributed by atoms with E-state index in [2.05, 4.69) is 20.1 Å². The third-order valence-electron chi connectivity index (χ3n) is 3.68. The van der Waals surface area contributed by atoms with Crippen LogP contribution in [-0.4, -0.2) is 53.3 Å². The Hall–Kier alpha value is -3.44. The highest BCUT2D eigenvalue weighted by Crippen LogP contribution is 2.28. The number of aliphatic hydroxyl groups excluding tert-OH is 1. The van der Waals surface area contributed by atoms with E-state index in [1.807, 2.05) is 0 Å². The number of benzene rings is 1. The van der Waals surface area contributed by atoms with Crippen LogP contribution in [0.5, 0.6) is 0 Å². The molecule has 13 nitrogen and oxygen atoms in total. The number of non-ortho nitro benzene ring substituents is 1. The van der Waals surface area contributed by atoms with Crippen molar-refractivity contribution in [3.8, 4) is 0 Å².